The van der Waals surface area contributed by atoms with Crippen molar-refractivity contribution in [2.75, 3.05) is 6.61 Å². The fraction of sp³-hybridized carbons (Fsp3) is 0.474. The monoisotopic (exact) mass is 428 g/mol. The fourth-order valence-corrected chi connectivity index (χ4v) is 3.08. The summed E-state index contributed by atoms with van der Waals surface area (Å²) in [6.45, 7) is 3.16. The summed E-state index contributed by atoms with van der Waals surface area (Å²) in [6, 6.07) is 8.08. The van der Waals surface area contributed by atoms with Crippen molar-refractivity contribution >= 4 is 35.5 Å². The van der Waals surface area contributed by atoms with Crippen LogP contribution in [0.25, 0.3) is 0 Å². The molecule has 0 bridgehead atoms. The first-order valence-electron chi connectivity index (χ1n) is 8.72. The summed E-state index contributed by atoms with van der Waals surface area (Å²) in [6.07, 6.45) is -4.83. The fourth-order valence-electron chi connectivity index (χ4n) is 2.75. The van der Waals surface area contributed by atoms with Gasteiger partial charge in [-0.05, 0) is 12.1 Å². The Bertz CT molecular complexity index is 751. The van der Waals surface area contributed by atoms with Crippen LogP contribution < -0.4 is 0 Å². The number of hydrogen-bond acceptors (Lipinski definition) is 9. The maximum absolute atomic E-state index is 12.5. The van der Waals surface area contributed by atoms with Gasteiger partial charge < -0.3 is 23.7 Å². The number of ether oxygens (including phenoxy) is 5. The maximum Gasteiger partial charge on any atom is 0.338 e. The number of carbonyl (C=O) groups excluding carboxylic acids is 4. The third kappa shape index (κ3) is 6.43. The summed E-state index contributed by atoms with van der Waals surface area (Å²) < 4.78 is 26.4. The number of alkyl halides is 1. The van der Waals surface area contributed by atoms with Crippen LogP contribution in [-0.4, -0.2) is 60.5 Å². The lowest BCUT2D eigenvalue weighted by atomic mass is 9.99. The van der Waals surface area contributed by atoms with Crippen molar-refractivity contribution in [3.63, 3.8) is 0 Å². The lowest BCUT2D eigenvalue weighted by molar-refractivity contribution is -0.232. The average molecular weight is 429 g/mol. The number of rotatable bonds is 6. The number of benzene rings is 1. The van der Waals surface area contributed by atoms with Gasteiger partial charge in [-0.1, -0.05) is 29.8 Å². The van der Waals surface area contributed by atoms with Crippen LogP contribution in [0, 0.1) is 0 Å². The minimum Gasteiger partial charge on any atom is -0.463 e. The van der Waals surface area contributed by atoms with E-state index in [1.165, 1.54) is 19.1 Å². The van der Waals surface area contributed by atoms with E-state index in [1.54, 1.807) is 18.2 Å². The summed E-state index contributed by atoms with van der Waals surface area (Å²) in [4.78, 5) is 46.9. The first-order chi connectivity index (χ1) is 13.7. The molecular formula is C19H21ClO9. The molecule has 1 aromatic carbocycles. The molecule has 158 valence electrons. The van der Waals surface area contributed by atoms with Crippen LogP contribution in [0.4, 0.5) is 0 Å². The molecule has 0 N–H and O–H groups in total. The standard InChI is InChI=1S/C19H21ClO9/c1-10(21)25-9-14-15(26-11(2)22)16(27-12(3)23)17(18(20)28-14)29-19(24)13-7-5-4-6-8-13/h4-8,14-18H,9H2,1-3H3/t14-,15+,16+,17-,18+/m1/s1. The van der Waals surface area contributed by atoms with Crippen molar-refractivity contribution in [2.45, 2.75) is 50.8 Å². The Kier molecular flexibility index (Phi) is 7.98. The third-order valence-electron chi connectivity index (χ3n) is 3.88. The van der Waals surface area contributed by atoms with Crippen molar-refractivity contribution in [3.8, 4) is 0 Å². The number of carbonyl (C=O) groups is 4. The smallest absolute Gasteiger partial charge is 0.338 e. The molecule has 0 radical (unpaired) electrons. The average Bonchev–Trinajstić information content (AvgIpc) is 2.65. The van der Waals surface area contributed by atoms with E-state index in [0.717, 1.165) is 13.8 Å². The van der Waals surface area contributed by atoms with E-state index in [0.29, 0.717) is 0 Å². The van der Waals surface area contributed by atoms with Gasteiger partial charge in [-0.15, -0.1) is 0 Å². The minimum absolute atomic E-state index is 0.240. The van der Waals surface area contributed by atoms with E-state index in [9.17, 15) is 19.2 Å². The molecule has 0 spiro atoms. The highest BCUT2D eigenvalue weighted by atomic mass is 35.5. The van der Waals surface area contributed by atoms with Crippen LogP contribution in [0.3, 0.4) is 0 Å². The molecule has 1 fully saturated rings. The molecule has 10 heteroatoms. The van der Waals surface area contributed by atoms with Crippen LogP contribution in [-0.2, 0) is 38.1 Å². The molecule has 1 aromatic rings. The van der Waals surface area contributed by atoms with Crippen LogP contribution >= 0.6 is 11.6 Å². The number of hydrogen-bond donors (Lipinski definition) is 0. The summed E-state index contributed by atoms with van der Waals surface area (Å²) >= 11 is 6.23. The Morgan fingerprint density at radius 2 is 1.45 bits per heavy atom. The number of halogens is 1. The van der Waals surface area contributed by atoms with Gasteiger partial charge in [0.15, 0.2) is 23.9 Å². The second-order valence-corrected chi connectivity index (χ2v) is 6.64. The molecule has 0 saturated carbocycles. The molecule has 9 nitrogen and oxygen atoms in total. The molecule has 0 aliphatic carbocycles. The zero-order chi connectivity index (χ0) is 21.6. The molecular weight excluding hydrogens is 408 g/mol. The van der Waals surface area contributed by atoms with Crippen LogP contribution in [0.15, 0.2) is 30.3 Å². The highest BCUT2D eigenvalue weighted by Crippen LogP contribution is 2.31. The quantitative estimate of drug-likeness (QED) is 0.378. The second-order valence-electron chi connectivity index (χ2n) is 6.21. The number of esters is 4. The Morgan fingerprint density at radius 1 is 0.862 bits per heavy atom. The zero-order valence-electron chi connectivity index (χ0n) is 16.0. The molecule has 0 aromatic heterocycles. The predicted octanol–water partition coefficient (Wildman–Crippen LogP) is 1.60. The van der Waals surface area contributed by atoms with Gasteiger partial charge in [-0.3, -0.25) is 14.4 Å². The Hall–Kier alpha value is -2.65. The molecule has 5 atom stereocenters. The second kappa shape index (κ2) is 10.2. The third-order valence-corrected chi connectivity index (χ3v) is 4.24. The van der Waals surface area contributed by atoms with E-state index in [4.69, 9.17) is 35.3 Å². The SMILES string of the molecule is CC(=O)OC[C@H]1O[C@H](Cl)[C@H](OC(=O)c2ccccc2)[C@@H](OC(C)=O)[C@H]1OC(C)=O. The molecule has 29 heavy (non-hydrogen) atoms. The van der Waals surface area contributed by atoms with Gasteiger partial charge in [0, 0.05) is 20.8 Å². The normalized spacial score (nSPS) is 26.1. The van der Waals surface area contributed by atoms with Gasteiger partial charge in [-0.25, -0.2) is 4.79 Å². The first kappa shape index (κ1) is 22.6. The van der Waals surface area contributed by atoms with Gasteiger partial charge in [-0.2, -0.15) is 0 Å². The zero-order valence-corrected chi connectivity index (χ0v) is 16.8. The lowest BCUT2D eigenvalue weighted by Gasteiger charge is -2.42. The molecule has 1 heterocycles. The van der Waals surface area contributed by atoms with Crippen LogP contribution in [0.1, 0.15) is 31.1 Å². The molecule has 0 amide bonds. The van der Waals surface area contributed by atoms with Gasteiger partial charge in [0.05, 0.1) is 5.56 Å². The Balaban J connectivity index is 2.30. The minimum atomic E-state index is -1.29. The largest absolute Gasteiger partial charge is 0.463 e. The van der Waals surface area contributed by atoms with Crippen molar-refractivity contribution in [3.05, 3.63) is 35.9 Å². The molecule has 0 unspecified atom stereocenters. The lowest BCUT2D eigenvalue weighted by Crippen LogP contribution is -2.61. The van der Waals surface area contributed by atoms with Crippen molar-refractivity contribution < 1.29 is 42.9 Å². The van der Waals surface area contributed by atoms with Crippen LogP contribution in [0.5, 0.6) is 0 Å². The van der Waals surface area contributed by atoms with E-state index < -0.39 is 53.9 Å². The molecule has 1 aliphatic rings. The van der Waals surface area contributed by atoms with Crippen molar-refractivity contribution in [2.24, 2.45) is 0 Å². The van der Waals surface area contributed by atoms with Gasteiger partial charge in [0.1, 0.15) is 12.7 Å². The van der Waals surface area contributed by atoms with E-state index in [1.807, 2.05) is 0 Å². The van der Waals surface area contributed by atoms with E-state index in [-0.39, 0.29) is 12.2 Å². The predicted molar refractivity (Wildman–Crippen MR) is 97.9 cm³/mol. The van der Waals surface area contributed by atoms with E-state index in [2.05, 4.69) is 0 Å². The van der Waals surface area contributed by atoms with Crippen LogP contribution in [0.2, 0.25) is 0 Å². The highest BCUT2D eigenvalue weighted by Gasteiger charge is 2.51. The summed E-state index contributed by atoms with van der Waals surface area (Å²) in [5.41, 5.74) is -1.02. The molecule has 1 aliphatic heterocycles. The Morgan fingerprint density at radius 3 is 2.00 bits per heavy atom. The highest BCUT2D eigenvalue weighted by molar-refractivity contribution is 6.20. The van der Waals surface area contributed by atoms with Crippen molar-refractivity contribution in [1.82, 2.24) is 0 Å². The molecule has 2 rings (SSSR count). The maximum atomic E-state index is 12.5. The van der Waals surface area contributed by atoms with Gasteiger partial charge in [0.25, 0.3) is 0 Å². The summed E-state index contributed by atoms with van der Waals surface area (Å²) in [5.74, 6) is -2.75. The van der Waals surface area contributed by atoms with Gasteiger partial charge >= 0.3 is 23.9 Å². The Labute approximate surface area is 172 Å². The van der Waals surface area contributed by atoms with Crippen molar-refractivity contribution in [1.29, 1.82) is 0 Å². The first-order valence-corrected chi connectivity index (χ1v) is 9.16. The topological polar surface area (TPSA) is 114 Å². The summed E-state index contributed by atoms with van der Waals surface area (Å²) in [5, 5.41) is 0. The van der Waals surface area contributed by atoms with Gasteiger partial charge in [0.2, 0.25) is 0 Å². The van der Waals surface area contributed by atoms with E-state index >= 15 is 0 Å². The summed E-state index contributed by atoms with van der Waals surface area (Å²) in [7, 11) is 0. The molecule has 1 saturated heterocycles.